The SMILES string of the molecule is COC(=O)C(O)CNS(=O)(=O)c1ccc(Cl)cc1N. The lowest BCUT2D eigenvalue weighted by Gasteiger charge is -2.11. The number of carbonyl (C=O) groups is 1. The van der Waals surface area contributed by atoms with Crippen molar-refractivity contribution in [1.82, 2.24) is 4.72 Å². The van der Waals surface area contributed by atoms with E-state index in [2.05, 4.69) is 4.74 Å². The Balaban J connectivity index is 2.85. The first-order chi connectivity index (χ1) is 8.77. The average Bonchev–Trinajstić information content (AvgIpc) is 2.34. The van der Waals surface area contributed by atoms with Crippen LogP contribution in [0.2, 0.25) is 5.02 Å². The number of carbonyl (C=O) groups excluding carboxylic acids is 1. The quantitative estimate of drug-likeness (QED) is 0.509. The van der Waals surface area contributed by atoms with Crippen LogP contribution < -0.4 is 10.5 Å². The van der Waals surface area contributed by atoms with Crippen molar-refractivity contribution in [2.24, 2.45) is 0 Å². The summed E-state index contributed by atoms with van der Waals surface area (Å²) in [6.45, 7) is -0.517. The molecule has 0 amide bonds. The van der Waals surface area contributed by atoms with Crippen LogP contribution >= 0.6 is 11.6 Å². The van der Waals surface area contributed by atoms with Crippen molar-refractivity contribution in [2.75, 3.05) is 19.4 Å². The molecule has 0 fully saturated rings. The van der Waals surface area contributed by atoms with Crippen molar-refractivity contribution in [3.05, 3.63) is 23.2 Å². The molecule has 1 aromatic rings. The first kappa shape index (κ1) is 15.7. The number of anilines is 1. The second-order valence-corrected chi connectivity index (χ2v) is 5.74. The van der Waals surface area contributed by atoms with Gasteiger partial charge in [0.2, 0.25) is 10.0 Å². The van der Waals surface area contributed by atoms with Gasteiger partial charge < -0.3 is 15.6 Å². The molecule has 1 unspecified atom stereocenters. The second-order valence-electron chi connectivity index (χ2n) is 3.57. The minimum absolute atomic E-state index is 0.0347. The van der Waals surface area contributed by atoms with Crippen LogP contribution in [-0.4, -0.2) is 39.3 Å². The van der Waals surface area contributed by atoms with Gasteiger partial charge in [0.15, 0.2) is 6.10 Å². The van der Waals surface area contributed by atoms with Crippen LogP contribution in [-0.2, 0) is 19.6 Å². The predicted molar refractivity (Wildman–Crippen MR) is 69.1 cm³/mol. The Morgan fingerprint density at radius 2 is 2.21 bits per heavy atom. The van der Waals surface area contributed by atoms with E-state index in [1.165, 1.54) is 18.2 Å². The van der Waals surface area contributed by atoms with Crippen LogP contribution in [0.5, 0.6) is 0 Å². The smallest absolute Gasteiger partial charge is 0.336 e. The summed E-state index contributed by atoms with van der Waals surface area (Å²) in [4.78, 5) is 10.7. The van der Waals surface area contributed by atoms with E-state index in [-0.39, 0.29) is 10.6 Å². The van der Waals surface area contributed by atoms with Crippen LogP contribution in [0.25, 0.3) is 0 Å². The number of ether oxygens (including phenoxy) is 1. The topological polar surface area (TPSA) is 119 Å². The summed E-state index contributed by atoms with van der Waals surface area (Å²) >= 11 is 5.66. The zero-order valence-electron chi connectivity index (χ0n) is 9.96. The third-order valence-electron chi connectivity index (χ3n) is 2.20. The molecule has 0 saturated carbocycles. The molecule has 1 aromatic carbocycles. The molecule has 4 N–H and O–H groups in total. The van der Waals surface area contributed by atoms with E-state index in [1.807, 2.05) is 4.72 Å². The molecule has 0 radical (unpaired) electrons. The van der Waals surface area contributed by atoms with Crippen LogP contribution in [0.15, 0.2) is 23.1 Å². The summed E-state index contributed by atoms with van der Waals surface area (Å²) in [5, 5.41) is 9.58. The third-order valence-corrected chi connectivity index (χ3v) is 3.93. The van der Waals surface area contributed by atoms with Crippen LogP contribution in [0.1, 0.15) is 0 Å². The van der Waals surface area contributed by atoms with E-state index in [0.29, 0.717) is 5.02 Å². The molecule has 7 nitrogen and oxygen atoms in total. The molecule has 106 valence electrons. The van der Waals surface area contributed by atoms with Crippen LogP contribution in [0.4, 0.5) is 5.69 Å². The third kappa shape index (κ3) is 4.06. The second kappa shape index (κ2) is 6.20. The Morgan fingerprint density at radius 1 is 1.58 bits per heavy atom. The minimum Gasteiger partial charge on any atom is -0.467 e. The molecule has 9 heteroatoms. The molecule has 0 bridgehead atoms. The lowest BCUT2D eigenvalue weighted by Crippen LogP contribution is -2.37. The summed E-state index contributed by atoms with van der Waals surface area (Å²) < 4.78 is 30.1. The minimum atomic E-state index is -3.95. The van der Waals surface area contributed by atoms with Crippen molar-refractivity contribution >= 4 is 33.3 Å². The first-order valence-electron chi connectivity index (χ1n) is 5.08. The maximum atomic E-state index is 11.9. The van der Waals surface area contributed by atoms with E-state index in [0.717, 1.165) is 7.11 Å². The summed E-state index contributed by atoms with van der Waals surface area (Å²) in [5.74, 6) is -0.938. The first-order valence-corrected chi connectivity index (χ1v) is 6.94. The molecule has 0 saturated heterocycles. The molecule has 0 aliphatic heterocycles. The fourth-order valence-corrected chi connectivity index (χ4v) is 2.58. The normalized spacial score (nSPS) is 13.0. The molecule has 0 heterocycles. The number of sulfonamides is 1. The number of nitrogens with one attached hydrogen (secondary N) is 1. The molecular weight excluding hydrogens is 296 g/mol. The van der Waals surface area contributed by atoms with Gasteiger partial charge in [0, 0.05) is 11.6 Å². The zero-order valence-corrected chi connectivity index (χ0v) is 11.5. The highest BCUT2D eigenvalue weighted by molar-refractivity contribution is 7.89. The molecule has 19 heavy (non-hydrogen) atoms. The van der Waals surface area contributed by atoms with E-state index in [9.17, 15) is 18.3 Å². The summed E-state index contributed by atoms with van der Waals surface area (Å²) in [6, 6.07) is 3.88. The van der Waals surface area contributed by atoms with Gasteiger partial charge in [-0.3, -0.25) is 0 Å². The Labute approximate surface area is 115 Å². The van der Waals surface area contributed by atoms with Gasteiger partial charge >= 0.3 is 5.97 Å². The van der Waals surface area contributed by atoms with Crippen LogP contribution in [0.3, 0.4) is 0 Å². The lowest BCUT2D eigenvalue weighted by molar-refractivity contribution is -0.149. The number of methoxy groups -OCH3 is 1. The van der Waals surface area contributed by atoms with Gasteiger partial charge in [-0.1, -0.05) is 11.6 Å². The molecule has 0 aliphatic carbocycles. The number of rotatable bonds is 5. The van der Waals surface area contributed by atoms with Crippen molar-refractivity contribution in [1.29, 1.82) is 0 Å². The Bertz CT molecular complexity index is 575. The van der Waals surface area contributed by atoms with E-state index >= 15 is 0 Å². The average molecular weight is 309 g/mol. The fraction of sp³-hybridized carbons (Fsp3) is 0.300. The summed E-state index contributed by atoms with van der Waals surface area (Å²) in [6.07, 6.45) is -1.59. The fourth-order valence-electron chi connectivity index (χ4n) is 1.25. The Kier molecular flexibility index (Phi) is 5.12. The Hall–Kier alpha value is -1.35. The van der Waals surface area contributed by atoms with E-state index in [1.54, 1.807) is 0 Å². The monoisotopic (exact) mass is 308 g/mol. The summed E-state index contributed by atoms with van der Waals surface area (Å²) in [5.41, 5.74) is 5.51. The molecule has 0 aromatic heterocycles. The van der Waals surface area contributed by atoms with Crippen molar-refractivity contribution < 1.29 is 23.1 Å². The number of aliphatic hydroxyl groups is 1. The number of esters is 1. The van der Waals surface area contributed by atoms with Gasteiger partial charge in [-0.05, 0) is 18.2 Å². The molecule has 0 spiro atoms. The standard InChI is InChI=1S/C10H13ClN2O5S/c1-18-10(15)8(14)5-13-19(16,17)9-3-2-6(11)4-7(9)12/h2-4,8,13-14H,5,12H2,1H3. The number of aliphatic hydroxyl groups excluding tert-OH is 1. The molecule has 1 rings (SSSR count). The van der Waals surface area contributed by atoms with Gasteiger partial charge in [-0.2, -0.15) is 0 Å². The number of nitrogen functional groups attached to an aromatic ring is 1. The largest absolute Gasteiger partial charge is 0.467 e. The van der Waals surface area contributed by atoms with Gasteiger partial charge in [-0.25, -0.2) is 17.9 Å². The molecular formula is C10H13ClN2O5S. The van der Waals surface area contributed by atoms with Gasteiger partial charge in [-0.15, -0.1) is 0 Å². The summed E-state index contributed by atoms with van der Waals surface area (Å²) in [7, 11) is -2.87. The number of hydrogen-bond donors (Lipinski definition) is 3. The van der Waals surface area contributed by atoms with E-state index < -0.39 is 28.6 Å². The number of nitrogens with two attached hydrogens (primary N) is 1. The van der Waals surface area contributed by atoms with Crippen molar-refractivity contribution in [3.8, 4) is 0 Å². The van der Waals surface area contributed by atoms with Gasteiger partial charge in [0.1, 0.15) is 4.90 Å². The lowest BCUT2D eigenvalue weighted by atomic mass is 10.3. The van der Waals surface area contributed by atoms with Crippen LogP contribution in [0, 0.1) is 0 Å². The predicted octanol–water partition coefficient (Wildman–Crippen LogP) is -0.266. The van der Waals surface area contributed by atoms with Crippen molar-refractivity contribution in [2.45, 2.75) is 11.0 Å². The Morgan fingerprint density at radius 3 is 2.74 bits per heavy atom. The van der Waals surface area contributed by atoms with Crippen molar-refractivity contribution in [3.63, 3.8) is 0 Å². The number of hydrogen-bond acceptors (Lipinski definition) is 6. The number of halogens is 1. The highest BCUT2D eigenvalue weighted by Crippen LogP contribution is 2.22. The number of benzene rings is 1. The van der Waals surface area contributed by atoms with Gasteiger partial charge in [0.05, 0.1) is 12.8 Å². The maximum Gasteiger partial charge on any atom is 0.336 e. The molecule has 0 aliphatic rings. The zero-order chi connectivity index (χ0) is 14.6. The highest BCUT2D eigenvalue weighted by Gasteiger charge is 2.22. The maximum absolute atomic E-state index is 11.9. The van der Waals surface area contributed by atoms with Gasteiger partial charge in [0.25, 0.3) is 0 Å². The highest BCUT2D eigenvalue weighted by atomic mass is 35.5. The molecule has 1 atom stereocenters. The van der Waals surface area contributed by atoms with E-state index in [4.69, 9.17) is 17.3 Å².